The lowest BCUT2D eigenvalue weighted by Gasteiger charge is -2.31. The van der Waals surface area contributed by atoms with E-state index in [4.69, 9.17) is 0 Å². The number of nitrogens with one attached hydrogen (secondary N) is 1. The predicted molar refractivity (Wildman–Crippen MR) is 66.0 cm³/mol. The van der Waals surface area contributed by atoms with E-state index in [1.807, 2.05) is 17.9 Å². The first-order chi connectivity index (χ1) is 7.63. The van der Waals surface area contributed by atoms with Gasteiger partial charge in [-0.15, -0.1) is 0 Å². The number of rotatable bonds is 3. The van der Waals surface area contributed by atoms with Gasteiger partial charge in [-0.3, -0.25) is 4.68 Å². The standard InChI is InChI=1S/C13H23N3/c1-10-6-11(2)8-13(7-10)14-9-12-4-5-16(3)15-12/h4-5,10-11,13-14H,6-9H2,1-3H3. The maximum Gasteiger partial charge on any atom is 0.0762 e. The van der Waals surface area contributed by atoms with Gasteiger partial charge < -0.3 is 5.32 Å². The zero-order valence-corrected chi connectivity index (χ0v) is 10.6. The number of nitrogens with zero attached hydrogens (tertiary/aromatic N) is 2. The molecule has 1 aromatic rings. The molecule has 1 aromatic heterocycles. The molecule has 2 rings (SSSR count). The summed E-state index contributed by atoms with van der Waals surface area (Å²) in [6.07, 6.45) is 6.03. The van der Waals surface area contributed by atoms with Crippen LogP contribution >= 0.6 is 0 Å². The van der Waals surface area contributed by atoms with Crippen molar-refractivity contribution in [2.75, 3.05) is 0 Å². The van der Waals surface area contributed by atoms with E-state index in [9.17, 15) is 0 Å². The van der Waals surface area contributed by atoms with E-state index in [1.165, 1.54) is 19.3 Å². The van der Waals surface area contributed by atoms with E-state index in [0.29, 0.717) is 6.04 Å². The molecule has 2 unspecified atom stereocenters. The molecular weight excluding hydrogens is 198 g/mol. The third-order valence-electron chi connectivity index (χ3n) is 3.52. The van der Waals surface area contributed by atoms with Crippen LogP contribution in [-0.2, 0) is 13.6 Å². The zero-order chi connectivity index (χ0) is 11.5. The van der Waals surface area contributed by atoms with Crippen molar-refractivity contribution in [3.8, 4) is 0 Å². The molecule has 2 atom stereocenters. The number of hydrogen-bond donors (Lipinski definition) is 1. The average Bonchev–Trinajstić information content (AvgIpc) is 2.60. The molecule has 1 heterocycles. The minimum Gasteiger partial charge on any atom is -0.308 e. The lowest BCUT2D eigenvalue weighted by atomic mass is 9.80. The topological polar surface area (TPSA) is 29.9 Å². The molecule has 0 bridgehead atoms. The van der Waals surface area contributed by atoms with Crippen molar-refractivity contribution in [2.24, 2.45) is 18.9 Å². The minimum absolute atomic E-state index is 0.681. The number of aryl methyl sites for hydroxylation is 1. The van der Waals surface area contributed by atoms with Gasteiger partial charge in [-0.05, 0) is 37.2 Å². The van der Waals surface area contributed by atoms with E-state index >= 15 is 0 Å². The molecule has 3 heteroatoms. The second kappa shape index (κ2) is 5.00. The largest absolute Gasteiger partial charge is 0.308 e. The van der Waals surface area contributed by atoms with Crippen LogP contribution in [-0.4, -0.2) is 15.8 Å². The van der Waals surface area contributed by atoms with Crippen LogP contribution in [0.1, 0.15) is 38.8 Å². The van der Waals surface area contributed by atoms with Crippen LogP contribution in [0, 0.1) is 11.8 Å². The number of aromatic nitrogens is 2. The van der Waals surface area contributed by atoms with Gasteiger partial charge in [0.05, 0.1) is 5.69 Å². The van der Waals surface area contributed by atoms with Crippen LogP contribution in [0.25, 0.3) is 0 Å². The highest BCUT2D eigenvalue weighted by Gasteiger charge is 2.23. The quantitative estimate of drug-likeness (QED) is 0.849. The predicted octanol–water partition coefficient (Wildman–Crippen LogP) is 2.33. The molecule has 0 aromatic carbocycles. The van der Waals surface area contributed by atoms with Gasteiger partial charge in [0.15, 0.2) is 0 Å². The summed E-state index contributed by atoms with van der Waals surface area (Å²) in [5.74, 6) is 1.73. The lowest BCUT2D eigenvalue weighted by molar-refractivity contribution is 0.237. The molecular formula is C13H23N3. The van der Waals surface area contributed by atoms with Crippen molar-refractivity contribution in [1.29, 1.82) is 0 Å². The molecule has 0 radical (unpaired) electrons. The smallest absolute Gasteiger partial charge is 0.0762 e. The van der Waals surface area contributed by atoms with Gasteiger partial charge in [-0.25, -0.2) is 0 Å². The summed E-state index contributed by atoms with van der Waals surface area (Å²) < 4.78 is 1.86. The Labute approximate surface area is 98.2 Å². The summed E-state index contributed by atoms with van der Waals surface area (Å²) in [5.41, 5.74) is 1.15. The van der Waals surface area contributed by atoms with Crippen molar-refractivity contribution in [3.63, 3.8) is 0 Å². The summed E-state index contributed by atoms with van der Waals surface area (Å²) in [6, 6.07) is 2.77. The van der Waals surface area contributed by atoms with Crippen LogP contribution in [0.5, 0.6) is 0 Å². The Kier molecular flexibility index (Phi) is 3.64. The molecule has 1 saturated carbocycles. The van der Waals surface area contributed by atoms with Gasteiger partial charge in [0.1, 0.15) is 0 Å². The third-order valence-corrected chi connectivity index (χ3v) is 3.52. The van der Waals surface area contributed by atoms with Gasteiger partial charge in [0.25, 0.3) is 0 Å². The maximum absolute atomic E-state index is 4.39. The summed E-state index contributed by atoms with van der Waals surface area (Å²) in [6.45, 7) is 5.64. The van der Waals surface area contributed by atoms with Gasteiger partial charge in [0, 0.05) is 25.8 Å². The minimum atomic E-state index is 0.681. The van der Waals surface area contributed by atoms with Crippen molar-refractivity contribution in [1.82, 2.24) is 15.1 Å². The maximum atomic E-state index is 4.39. The summed E-state index contributed by atoms with van der Waals surface area (Å²) in [7, 11) is 1.97. The highest BCUT2D eigenvalue weighted by molar-refractivity contribution is 4.98. The first-order valence-electron chi connectivity index (χ1n) is 6.35. The normalized spacial score (nSPS) is 30.6. The highest BCUT2D eigenvalue weighted by atomic mass is 15.3. The molecule has 90 valence electrons. The molecule has 1 N–H and O–H groups in total. The molecule has 0 aliphatic heterocycles. The average molecular weight is 221 g/mol. The Balaban J connectivity index is 1.81. The first kappa shape index (κ1) is 11.6. The van der Waals surface area contributed by atoms with Crippen molar-refractivity contribution >= 4 is 0 Å². The van der Waals surface area contributed by atoms with Crippen molar-refractivity contribution in [3.05, 3.63) is 18.0 Å². The van der Waals surface area contributed by atoms with E-state index in [2.05, 4.69) is 30.3 Å². The fourth-order valence-electron chi connectivity index (χ4n) is 2.92. The van der Waals surface area contributed by atoms with E-state index in [0.717, 1.165) is 24.1 Å². The zero-order valence-electron chi connectivity index (χ0n) is 10.6. The SMILES string of the molecule is CC1CC(C)CC(NCc2ccn(C)n2)C1. The van der Waals surface area contributed by atoms with Gasteiger partial charge >= 0.3 is 0 Å². The molecule has 0 spiro atoms. The number of hydrogen-bond acceptors (Lipinski definition) is 2. The monoisotopic (exact) mass is 221 g/mol. The van der Waals surface area contributed by atoms with Gasteiger partial charge in [0.2, 0.25) is 0 Å². The Morgan fingerprint density at radius 2 is 2.00 bits per heavy atom. The Bertz CT molecular complexity index is 322. The van der Waals surface area contributed by atoms with E-state index < -0.39 is 0 Å². The highest BCUT2D eigenvalue weighted by Crippen LogP contribution is 2.28. The summed E-state index contributed by atoms with van der Waals surface area (Å²) in [4.78, 5) is 0. The lowest BCUT2D eigenvalue weighted by Crippen LogP contribution is -2.36. The Morgan fingerprint density at radius 1 is 1.31 bits per heavy atom. The third kappa shape index (κ3) is 3.08. The first-order valence-corrected chi connectivity index (χ1v) is 6.35. The Hall–Kier alpha value is -0.830. The molecule has 0 saturated heterocycles. The molecule has 3 nitrogen and oxygen atoms in total. The second-order valence-corrected chi connectivity index (χ2v) is 5.48. The van der Waals surface area contributed by atoms with Crippen molar-refractivity contribution < 1.29 is 0 Å². The van der Waals surface area contributed by atoms with Gasteiger partial charge in [-0.1, -0.05) is 13.8 Å². The van der Waals surface area contributed by atoms with Crippen molar-refractivity contribution in [2.45, 2.75) is 45.7 Å². The van der Waals surface area contributed by atoms with Crippen LogP contribution in [0.2, 0.25) is 0 Å². The van der Waals surface area contributed by atoms with Crippen LogP contribution in [0.3, 0.4) is 0 Å². The summed E-state index contributed by atoms with van der Waals surface area (Å²) >= 11 is 0. The van der Waals surface area contributed by atoms with E-state index in [1.54, 1.807) is 0 Å². The fraction of sp³-hybridized carbons (Fsp3) is 0.769. The molecule has 1 aliphatic carbocycles. The second-order valence-electron chi connectivity index (χ2n) is 5.48. The molecule has 1 aliphatic rings. The fourth-order valence-corrected chi connectivity index (χ4v) is 2.92. The van der Waals surface area contributed by atoms with Crippen LogP contribution in [0.4, 0.5) is 0 Å². The summed E-state index contributed by atoms with van der Waals surface area (Å²) in [5, 5.41) is 8.02. The van der Waals surface area contributed by atoms with Crippen LogP contribution < -0.4 is 5.32 Å². The molecule has 16 heavy (non-hydrogen) atoms. The molecule has 0 amide bonds. The Morgan fingerprint density at radius 3 is 2.56 bits per heavy atom. The van der Waals surface area contributed by atoms with Gasteiger partial charge in [-0.2, -0.15) is 5.10 Å². The van der Waals surface area contributed by atoms with Crippen LogP contribution in [0.15, 0.2) is 12.3 Å². The van der Waals surface area contributed by atoms with E-state index in [-0.39, 0.29) is 0 Å². The molecule has 1 fully saturated rings.